The van der Waals surface area contributed by atoms with Crippen molar-refractivity contribution in [1.82, 2.24) is 15.1 Å². The lowest BCUT2D eigenvalue weighted by Crippen LogP contribution is -2.41. The molecule has 2 atom stereocenters. The number of nitrogens with zero attached hydrogens (tertiary/aromatic N) is 2. The summed E-state index contributed by atoms with van der Waals surface area (Å²) in [5, 5.41) is 9.01. The van der Waals surface area contributed by atoms with E-state index in [2.05, 4.69) is 42.8 Å². The van der Waals surface area contributed by atoms with Gasteiger partial charge in [-0.2, -0.15) is 5.10 Å². The van der Waals surface area contributed by atoms with Crippen LogP contribution in [0.25, 0.3) is 0 Å². The fraction of sp³-hybridized carbons (Fsp3) is 0.812. The Morgan fingerprint density at radius 1 is 1.43 bits per heavy atom. The van der Waals surface area contributed by atoms with Crippen molar-refractivity contribution in [3.8, 4) is 0 Å². The van der Waals surface area contributed by atoms with E-state index >= 15 is 0 Å². The number of aryl methyl sites for hydroxylation is 2. The number of rotatable bonds is 7. The minimum Gasteiger partial charge on any atom is -0.378 e. The molecule has 4 nitrogen and oxygen atoms in total. The Hall–Kier alpha value is -0.580. The largest absolute Gasteiger partial charge is 0.378 e. The maximum Gasteiger partial charge on any atom is 0.0850 e. The highest BCUT2D eigenvalue weighted by atomic mass is 35.5. The zero-order chi connectivity index (χ0) is 15.5. The summed E-state index contributed by atoms with van der Waals surface area (Å²) in [6.07, 6.45) is 3.14. The summed E-state index contributed by atoms with van der Waals surface area (Å²) in [5.41, 5.74) is 2.31. The lowest BCUT2D eigenvalue weighted by atomic mass is 9.77. The molecule has 1 N–H and O–H groups in total. The summed E-state index contributed by atoms with van der Waals surface area (Å²) < 4.78 is 7.94. The normalized spacial score (nSPS) is 25.7. The van der Waals surface area contributed by atoms with Gasteiger partial charge in [0, 0.05) is 31.5 Å². The van der Waals surface area contributed by atoms with E-state index in [4.69, 9.17) is 16.3 Å². The van der Waals surface area contributed by atoms with Crippen LogP contribution in [0, 0.1) is 5.41 Å². The maximum atomic E-state index is 6.59. The molecular weight excluding hydrogens is 286 g/mol. The first-order chi connectivity index (χ1) is 10.1. The molecule has 1 aromatic rings. The van der Waals surface area contributed by atoms with Gasteiger partial charge in [-0.05, 0) is 33.2 Å². The third-order valence-corrected chi connectivity index (χ3v) is 5.21. The van der Waals surface area contributed by atoms with Crippen molar-refractivity contribution in [2.75, 3.05) is 19.7 Å². The average Bonchev–Trinajstić information content (AvgIpc) is 2.99. The van der Waals surface area contributed by atoms with Crippen LogP contribution in [-0.2, 0) is 24.1 Å². The monoisotopic (exact) mass is 313 g/mol. The van der Waals surface area contributed by atoms with Crippen LogP contribution >= 0.6 is 11.6 Å². The molecule has 5 heteroatoms. The van der Waals surface area contributed by atoms with Crippen molar-refractivity contribution < 1.29 is 4.74 Å². The molecule has 0 amide bonds. The van der Waals surface area contributed by atoms with Gasteiger partial charge in [0.15, 0.2) is 0 Å². The summed E-state index contributed by atoms with van der Waals surface area (Å²) >= 11 is 6.59. The van der Waals surface area contributed by atoms with Crippen LogP contribution in [0.2, 0.25) is 5.02 Å². The standard InChI is InChI=1S/C16H28ClN3O/c1-5-13-15(17)14(20(7-3)19-13)10-16(11-18-6-2)8-9-21-12(16)4/h12,18H,5-11H2,1-4H3. The number of aromatic nitrogens is 2. The average molecular weight is 314 g/mol. The van der Waals surface area contributed by atoms with E-state index in [1.807, 2.05) is 0 Å². The highest BCUT2D eigenvalue weighted by molar-refractivity contribution is 6.31. The molecule has 0 radical (unpaired) electrons. The van der Waals surface area contributed by atoms with E-state index in [0.29, 0.717) is 0 Å². The highest BCUT2D eigenvalue weighted by Gasteiger charge is 2.42. The fourth-order valence-electron chi connectivity index (χ4n) is 3.24. The maximum absolute atomic E-state index is 6.59. The Kier molecular flexibility index (Phi) is 5.69. The van der Waals surface area contributed by atoms with Crippen LogP contribution in [0.3, 0.4) is 0 Å². The smallest absolute Gasteiger partial charge is 0.0850 e. The Labute approximate surface area is 133 Å². The Balaban J connectivity index is 2.30. The second-order valence-electron chi connectivity index (χ2n) is 5.96. The van der Waals surface area contributed by atoms with Gasteiger partial charge in [0.2, 0.25) is 0 Å². The van der Waals surface area contributed by atoms with E-state index in [9.17, 15) is 0 Å². The third-order valence-electron chi connectivity index (χ3n) is 4.77. The van der Waals surface area contributed by atoms with Gasteiger partial charge in [-0.25, -0.2) is 0 Å². The van der Waals surface area contributed by atoms with Gasteiger partial charge in [-0.1, -0.05) is 25.4 Å². The van der Waals surface area contributed by atoms with E-state index in [0.717, 1.165) is 56.2 Å². The number of halogens is 1. The molecule has 21 heavy (non-hydrogen) atoms. The summed E-state index contributed by atoms with van der Waals surface area (Å²) in [6.45, 7) is 12.2. The molecule has 2 unspecified atom stereocenters. The summed E-state index contributed by atoms with van der Waals surface area (Å²) in [7, 11) is 0. The van der Waals surface area contributed by atoms with E-state index < -0.39 is 0 Å². The highest BCUT2D eigenvalue weighted by Crippen LogP contribution is 2.39. The third kappa shape index (κ3) is 3.27. The first-order valence-electron chi connectivity index (χ1n) is 8.14. The van der Waals surface area contributed by atoms with Gasteiger partial charge in [-0.3, -0.25) is 4.68 Å². The zero-order valence-electron chi connectivity index (χ0n) is 13.7. The predicted octanol–water partition coefficient (Wildman–Crippen LogP) is 3.07. The lowest BCUT2D eigenvalue weighted by molar-refractivity contribution is 0.0623. The Morgan fingerprint density at radius 3 is 2.71 bits per heavy atom. The molecule has 2 rings (SSSR count). The zero-order valence-corrected chi connectivity index (χ0v) is 14.5. The first kappa shape index (κ1) is 16.8. The quantitative estimate of drug-likeness (QED) is 0.841. The topological polar surface area (TPSA) is 39.1 Å². The van der Waals surface area contributed by atoms with Gasteiger partial charge in [0.25, 0.3) is 0 Å². The van der Waals surface area contributed by atoms with Gasteiger partial charge in [0.05, 0.1) is 22.5 Å². The van der Waals surface area contributed by atoms with Crippen LogP contribution in [0.15, 0.2) is 0 Å². The van der Waals surface area contributed by atoms with Gasteiger partial charge >= 0.3 is 0 Å². The molecule has 0 spiro atoms. The molecule has 1 aliphatic heterocycles. The number of ether oxygens (including phenoxy) is 1. The molecule has 1 aliphatic rings. The molecular formula is C16H28ClN3O. The molecule has 1 aromatic heterocycles. The molecule has 1 fully saturated rings. The summed E-state index contributed by atoms with van der Waals surface area (Å²) in [5.74, 6) is 0. The van der Waals surface area contributed by atoms with Gasteiger partial charge in [0.1, 0.15) is 0 Å². The molecule has 120 valence electrons. The second kappa shape index (κ2) is 7.12. The van der Waals surface area contributed by atoms with Crippen LogP contribution in [0.1, 0.15) is 45.5 Å². The van der Waals surface area contributed by atoms with Crippen LogP contribution in [-0.4, -0.2) is 35.6 Å². The van der Waals surface area contributed by atoms with Gasteiger partial charge < -0.3 is 10.1 Å². The first-order valence-corrected chi connectivity index (χ1v) is 8.52. The molecule has 2 heterocycles. The molecule has 0 aromatic carbocycles. The van der Waals surface area contributed by atoms with Gasteiger partial charge in [-0.15, -0.1) is 0 Å². The predicted molar refractivity (Wildman–Crippen MR) is 87.0 cm³/mol. The molecule has 0 bridgehead atoms. The SMILES string of the molecule is CCNCC1(Cc2c(Cl)c(CC)nn2CC)CCOC1C. The summed E-state index contributed by atoms with van der Waals surface area (Å²) in [6, 6.07) is 0. The minimum atomic E-state index is 0.123. The fourth-order valence-corrected chi connectivity index (χ4v) is 3.58. The van der Waals surface area contributed by atoms with Crippen molar-refractivity contribution in [1.29, 1.82) is 0 Å². The van der Waals surface area contributed by atoms with Crippen molar-refractivity contribution in [2.24, 2.45) is 5.41 Å². The van der Waals surface area contributed by atoms with Crippen LogP contribution in [0.4, 0.5) is 0 Å². The number of hydrogen-bond donors (Lipinski definition) is 1. The van der Waals surface area contributed by atoms with E-state index in [1.165, 1.54) is 5.69 Å². The number of hydrogen-bond acceptors (Lipinski definition) is 3. The van der Waals surface area contributed by atoms with E-state index in [1.54, 1.807) is 0 Å². The lowest BCUT2D eigenvalue weighted by Gasteiger charge is -2.33. The molecule has 0 saturated carbocycles. The molecule has 1 saturated heterocycles. The number of nitrogens with one attached hydrogen (secondary N) is 1. The van der Waals surface area contributed by atoms with Crippen LogP contribution in [0.5, 0.6) is 0 Å². The van der Waals surface area contributed by atoms with E-state index in [-0.39, 0.29) is 11.5 Å². The van der Waals surface area contributed by atoms with Crippen molar-refractivity contribution >= 4 is 11.6 Å². The van der Waals surface area contributed by atoms with Crippen molar-refractivity contribution in [3.05, 3.63) is 16.4 Å². The minimum absolute atomic E-state index is 0.123. The van der Waals surface area contributed by atoms with Crippen molar-refractivity contribution in [3.63, 3.8) is 0 Å². The Morgan fingerprint density at radius 2 is 2.19 bits per heavy atom. The molecule has 0 aliphatic carbocycles. The second-order valence-corrected chi connectivity index (χ2v) is 6.34. The summed E-state index contributed by atoms with van der Waals surface area (Å²) in [4.78, 5) is 0. The Bertz CT molecular complexity index is 474. The van der Waals surface area contributed by atoms with Crippen LogP contribution < -0.4 is 5.32 Å². The van der Waals surface area contributed by atoms with Crippen molar-refractivity contribution in [2.45, 2.75) is 59.6 Å².